The first-order chi connectivity index (χ1) is 9.65. The maximum Gasteiger partial charge on any atom is 0.261 e. The van der Waals surface area contributed by atoms with Crippen molar-refractivity contribution in [3.8, 4) is 11.5 Å². The summed E-state index contributed by atoms with van der Waals surface area (Å²) in [4.78, 5) is 4.18. The molecule has 3 rings (SSSR count). The standard InChI is InChI=1S/C13H12ClF2N3O/c14-9-6-10(15)8(5-11(9)16)13-18-12(19-20-13)7-1-3-17-4-2-7/h5-7,17H,1-4H2. The Morgan fingerprint density at radius 2 is 1.95 bits per heavy atom. The van der Waals surface area contributed by atoms with Crippen molar-refractivity contribution in [2.75, 3.05) is 13.1 Å². The summed E-state index contributed by atoms with van der Waals surface area (Å²) in [7, 11) is 0. The van der Waals surface area contributed by atoms with Crippen LogP contribution in [0.3, 0.4) is 0 Å². The Labute approximate surface area is 119 Å². The van der Waals surface area contributed by atoms with Gasteiger partial charge in [-0.3, -0.25) is 0 Å². The summed E-state index contributed by atoms with van der Waals surface area (Å²) in [5.74, 6) is -0.696. The van der Waals surface area contributed by atoms with Gasteiger partial charge < -0.3 is 9.84 Å². The van der Waals surface area contributed by atoms with Crippen molar-refractivity contribution in [2.24, 2.45) is 0 Å². The van der Waals surface area contributed by atoms with Crippen LogP contribution < -0.4 is 5.32 Å². The van der Waals surface area contributed by atoms with Gasteiger partial charge in [-0.05, 0) is 38.1 Å². The first-order valence-corrected chi connectivity index (χ1v) is 6.72. The molecule has 1 fully saturated rings. The van der Waals surface area contributed by atoms with Crippen molar-refractivity contribution < 1.29 is 13.3 Å². The number of rotatable bonds is 2. The molecular formula is C13H12ClF2N3O. The predicted molar refractivity (Wildman–Crippen MR) is 69.5 cm³/mol. The van der Waals surface area contributed by atoms with Gasteiger partial charge in [0.05, 0.1) is 10.6 Å². The zero-order valence-electron chi connectivity index (χ0n) is 10.5. The minimum atomic E-state index is -0.718. The van der Waals surface area contributed by atoms with Crippen molar-refractivity contribution >= 4 is 11.6 Å². The Morgan fingerprint density at radius 1 is 1.20 bits per heavy atom. The number of hydrogen-bond acceptors (Lipinski definition) is 4. The molecule has 1 N–H and O–H groups in total. The van der Waals surface area contributed by atoms with Gasteiger partial charge in [0.2, 0.25) is 0 Å². The molecule has 106 valence electrons. The van der Waals surface area contributed by atoms with Gasteiger partial charge in [0, 0.05) is 5.92 Å². The highest BCUT2D eigenvalue weighted by Crippen LogP contribution is 2.29. The fraction of sp³-hybridized carbons (Fsp3) is 0.385. The Balaban J connectivity index is 1.91. The smallest absolute Gasteiger partial charge is 0.261 e. The van der Waals surface area contributed by atoms with E-state index in [2.05, 4.69) is 15.5 Å². The Morgan fingerprint density at radius 3 is 2.70 bits per heavy atom. The van der Waals surface area contributed by atoms with Crippen LogP contribution in [0.5, 0.6) is 0 Å². The molecule has 2 aromatic rings. The van der Waals surface area contributed by atoms with Gasteiger partial charge in [0.25, 0.3) is 5.89 Å². The fourth-order valence-corrected chi connectivity index (χ4v) is 2.43. The Kier molecular flexibility index (Phi) is 3.67. The van der Waals surface area contributed by atoms with Crippen LogP contribution in [0.25, 0.3) is 11.5 Å². The minimum Gasteiger partial charge on any atom is -0.334 e. The molecule has 20 heavy (non-hydrogen) atoms. The summed E-state index contributed by atoms with van der Waals surface area (Å²) in [5.41, 5.74) is -0.0698. The lowest BCUT2D eigenvalue weighted by molar-refractivity contribution is 0.391. The molecule has 1 aliphatic heterocycles. The molecule has 1 aromatic heterocycles. The molecule has 2 heterocycles. The molecule has 1 saturated heterocycles. The minimum absolute atomic E-state index is 0.0217. The normalized spacial score (nSPS) is 16.6. The quantitative estimate of drug-likeness (QED) is 0.866. The van der Waals surface area contributed by atoms with E-state index in [1.165, 1.54) is 0 Å². The first kappa shape index (κ1) is 13.5. The molecule has 0 saturated carbocycles. The van der Waals surface area contributed by atoms with Gasteiger partial charge in [-0.2, -0.15) is 4.98 Å². The van der Waals surface area contributed by atoms with Gasteiger partial charge in [-0.25, -0.2) is 8.78 Å². The Hall–Kier alpha value is -1.53. The molecule has 1 aliphatic rings. The molecule has 0 unspecified atom stereocenters. The molecule has 0 atom stereocenters. The molecule has 1 aromatic carbocycles. The molecule has 0 radical (unpaired) electrons. The summed E-state index contributed by atoms with van der Waals surface area (Å²) in [6.07, 6.45) is 1.80. The summed E-state index contributed by atoms with van der Waals surface area (Å²) >= 11 is 5.51. The number of nitrogens with zero attached hydrogens (tertiary/aromatic N) is 2. The highest BCUT2D eigenvalue weighted by molar-refractivity contribution is 6.30. The van der Waals surface area contributed by atoms with Crippen LogP contribution >= 0.6 is 11.6 Å². The lowest BCUT2D eigenvalue weighted by Crippen LogP contribution is -2.27. The van der Waals surface area contributed by atoms with Gasteiger partial charge in [-0.1, -0.05) is 16.8 Å². The maximum absolute atomic E-state index is 13.8. The summed E-state index contributed by atoms with van der Waals surface area (Å²) in [6, 6.07) is 1.87. The van der Waals surface area contributed by atoms with E-state index in [1.807, 2.05) is 0 Å². The molecular weight excluding hydrogens is 288 g/mol. The second-order valence-corrected chi connectivity index (χ2v) is 5.14. The zero-order chi connectivity index (χ0) is 14.1. The average molecular weight is 300 g/mol. The number of piperidine rings is 1. The van der Waals surface area contributed by atoms with Crippen LogP contribution in [0.1, 0.15) is 24.6 Å². The number of halogens is 3. The van der Waals surface area contributed by atoms with Gasteiger partial charge >= 0.3 is 0 Å². The average Bonchev–Trinajstić information content (AvgIpc) is 2.93. The van der Waals surface area contributed by atoms with E-state index in [-0.39, 0.29) is 22.4 Å². The number of aromatic nitrogens is 2. The van der Waals surface area contributed by atoms with Crippen LogP contribution in [0.4, 0.5) is 8.78 Å². The second-order valence-electron chi connectivity index (χ2n) is 4.73. The van der Waals surface area contributed by atoms with Crippen LogP contribution in [0.2, 0.25) is 5.02 Å². The third kappa shape index (κ3) is 2.53. The van der Waals surface area contributed by atoms with Gasteiger partial charge in [0.1, 0.15) is 11.6 Å². The van der Waals surface area contributed by atoms with Crippen LogP contribution in [-0.2, 0) is 0 Å². The molecule has 7 heteroatoms. The van der Waals surface area contributed by atoms with E-state index < -0.39 is 11.6 Å². The van der Waals surface area contributed by atoms with Crippen LogP contribution in [-0.4, -0.2) is 23.2 Å². The summed E-state index contributed by atoms with van der Waals surface area (Å²) in [5, 5.41) is 6.84. The largest absolute Gasteiger partial charge is 0.334 e. The van der Waals surface area contributed by atoms with Gasteiger partial charge in [-0.15, -0.1) is 0 Å². The zero-order valence-corrected chi connectivity index (χ0v) is 11.3. The van der Waals surface area contributed by atoms with E-state index >= 15 is 0 Å². The molecule has 0 spiro atoms. The summed E-state index contributed by atoms with van der Waals surface area (Å²) in [6.45, 7) is 1.77. The van der Waals surface area contributed by atoms with Crippen molar-refractivity contribution in [2.45, 2.75) is 18.8 Å². The van der Waals surface area contributed by atoms with Crippen molar-refractivity contribution in [3.05, 3.63) is 34.6 Å². The van der Waals surface area contributed by atoms with Crippen molar-refractivity contribution in [3.63, 3.8) is 0 Å². The topological polar surface area (TPSA) is 51.0 Å². The van der Waals surface area contributed by atoms with Crippen molar-refractivity contribution in [1.82, 2.24) is 15.5 Å². The third-order valence-electron chi connectivity index (χ3n) is 3.39. The SMILES string of the molecule is Fc1cc(-c2nc(C3CCNCC3)no2)c(F)cc1Cl. The number of benzene rings is 1. The van der Waals surface area contributed by atoms with E-state index in [0.29, 0.717) is 5.82 Å². The van der Waals surface area contributed by atoms with E-state index in [4.69, 9.17) is 16.1 Å². The molecule has 4 nitrogen and oxygen atoms in total. The molecule has 0 aliphatic carbocycles. The van der Waals surface area contributed by atoms with Crippen molar-refractivity contribution in [1.29, 1.82) is 0 Å². The lowest BCUT2D eigenvalue weighted by atomic mass is 9.98. The molecule has 0 amide bonds. The van der Waals surface area contributed by atoms with E-state index in [9.17, 15) is 8.78 Å². The van der Waals surface area contributed by atoms with E-state index in [1.54, 1.807) is 0 Å². The van der Waals surface area contributed by atoms with E-state index in [0.717, 1.165) is 38.1 Å². The fourth-order valence-electron chi connectivity index (χ4n) is 2.28. The second kappa shape index (κ2) is 5.46. The monoisotopic (exact) mass is 299 g/mol. The first-order valence-electron chi connectivity index (χ1n) is 6.34. The lowest BCUT2D eigenvalue weighted by Gasteiger charge is -2.18. The number of hydrogen-bond donors (Lipinski definition) is 1. The highest BCUT2D eigenvalue weighted by atomic mass is 35.5. The maximum atomic E-state index is 13.8. The molecule has 0 bridgehead atoms. The number of nitrogens with one attached hydrogen (secondary N) is 1. The van der Waals surface area contributed by atoms with Crippen LogP contribution in [0.15, 0.2) is 16.7 Å². The highest BCUT2D eigenvalue weighted by Gasteiger charge is 2.22. The Bertz CT molecular complexity index is 626. The predicted octanol–water partition coefficient (Wildman–Crippen LogP) is 3.14. The third-order valence-corrected chi connectivity index (χ3v) is 3.68. The van der Waals surface area contributed by atoms with Gasteiger partial charge in [0.15, 0.2) is 5.82 Å². The van der Waals surface area contributed by atoms with Crippen LogP contribution in [0, 0.1) is 11.6 Å². The summed E-state index contributed by atoms with van der Waals surface area (Å²) < 4.78 is 32.2.